The Labute approximate surface area is 126 Å². The highest BCUT2D eigenvalue weighted by molar-refractivity contribution is 6.31. The first kappa shape index (κ1) is 13.7. The third-order valence-corrected chi connectivity index (χ3v) is 4.49. The van der Waals surface area contributed by atoms with E-state index in [4.69, 9.17) is 11.6 Å². The lowest BCUT2D eigenvalue weighted by molar-refractivity contribution is 0.574. The summed E-state index contributed by atoms with van der Waals surface area (Å²) in [6, 6.07) is 15.2. The molecule has 0 bridgehead atoms. The van der Waals surface area contributed by atoms with Crippen LogP contribution in [0.25, 0.3) is 0 Å². The van der Waals surface area contributed by atoms with Gasteiger partial charge in [-0.25, -0.2) is 0 Å². The average Bonchev–Trinajstić information content (AvgIpc) is 2.92. The van der Waals surface area contributed by atoms with E-state index in [9.17, 15) is 0 Å². The third-order valence-electron chi connectivity index (χ3n) is 4.15. The van der Waals surface area contributed by atoms with Crippen LogP contribution < -0.4 is 5.32 Å². The molecule has 0 saturated carbocycles. The van der Waals surface area contributed by atoms with Crippen LogP contribution in [-0.4, -0.2) is 0 Å². The molecule has 3 rings (SSSR count). The lowest BCUT2D eigenvalue weighted by atomic mass is 10.1. The normalized spacial score (nSPS) is 15.1. The van der Waals surface area contributed by atoms with Crippen LogP contribution in [0.5, 0.6) is 0 Å². The average molecular weight is 286 g/mol. The number of hydrogen-bond acceptors (Lipinski definition) is 1. The fraction of sp³-hybridized carbons (Fsp3) is 0.333. The Hall–Kier alpha value is -1.31. The summed E-state index contributed by atoms with van der Waals surface area (Å²) in [5, 5.41) is 4.40. The van der Waals surface area contributed by atoms with E-state index in [2.05, 4.69) is 36.5 Å². The molecule has 0 fully saturated rings. The van der Waals surface area contributed by atoms with Crippen molar-refractivity contribution in [2.75, 3.05) is 0 Å². The number of halogens is 1. The van der Waals surface area contributed by atoms with Crippen LogP contribution in [0.2, 0.25) is 5.02 Å². The van der Waals surface area contributed by atoms with Crippen molar-refractivity contribution in [2.45, 2.75) is 38.8 Å². The molecule has 0 spiro atoms. The molecule has 1 aliphatic rings. The van der Waals surface area contributed by atoms with Gasteiger partial charge in [0.2, 0.25) is 0 Å². The highest BCUT2D eigenvalue weighted by atomic mass is 35.5. The highest BCUT2D eigenvalue weighted by Crippen LogP contribution is 2.24. The zero-order valence-electron chi connectivity index (χ0n) is 11.8. The van der Waals surface area contributed by atoms with E-state index >= 15 is 0 Å². The summed E-state index contributed by atoms with van der Waals surface area (Å²) < 4.78 is 0. The first-order chi connectivity index (χ1) is 9.74. The van der Waals surface area contributed by atoms with Crippen molar-refractivity contribution < 1.29 is 0 Å². The van der Waals surface area contributed by atoms with E-state index in [1.807, 2.05) is 18.2 Å². The van der Waals surface area contributed by atoms with E-state index in [0.717, 1.165) is 17.1 Å². The molecule has 1 aliphatic carbocycles. The van der Waals surface area contributed by atoms with Crippen LogP contribution in [0.4, 0.5) is 0 Å². The van der Waals surface area contributed by atoms with Crippen LogP contribution >= 0.6 is 11.6 Å². The van der Waals surface area contributed by atoms with Crippen molar-refractivity contribution in [3.8, 4) is 0 Å². The molecule has 0 saturated heterocycles. The molecule has 0 aromatic heterocycles. The minimum absolute atomic E-state index is 0.261. The summed E-state index contributed by atoms with van der Waals surface area (Å²) in [5.41, 5.74) is 5.60. The van der Waals surface area contributed by atoms with Gasteiger partial charge in [-0.2, -0.15) is 0 Å². The number of nitrogens with one attached hydrogen (secondary N) is 1. The number of fused-ring (bicyclic) bond motifs is 1. The quantitative estimate of drug-likeness (QED) is 0.860. The van der Waals surface area contributed by atoms with Gasteiger partial charge in [0.05, 0.1) is 0 Å². The summed E-state index contributed by atoms with van der Waals surface area (Å²) in [6.07, 6.45) is 3.80. The van der Waals surface area contributed by atoms with Crippen LogP contribution in [0.3, 0.4) is 0 Å². The fourth-order valence-corrected chi connectivity index (χ4v) is 3.24. The van der Waals surface area contributed by atoms with Gasteiger partial charge >= 0.3 is 0 Å². The predicted molar refractivity (Wildman–Crippen MR) is 85.2 cm³/mol. The minimum Gasteiger partial charge on any atom is -0.306 e. The molecule has 0 amide bonds. The lowest BCUT2D eigenvalue weighted by Crippen LogP contribution is -2.18. The van der Waals surface area contributed by atoms with Gasteiger partial charge in [0.15, 0.2) is 0 Å². The molecule has 0 radical (unpaired) electrons. The first-order valence-electron chi connectivity index (χ1n) is 7.32. The SMILES string of the molecule is C[C@H](NCc1ccc2c(c1)CCC2)c1ccccc1Cl. The van der Waals surface area contributed by atoms with Gasteiger partial charge in [0.25, 0.3) is 0 Å². The molecule has 2 heteroatoms. The number of rotatable bonds is 4. The summed E-state index contributed by atoms with van der Waals surface area (Å²) in [4.78, 5) is 0. The molecule has 0 unspecified atom stereocenters. The van der Waals surface area contributed by atoms with Gasteiger partial charge in [0, 0.05) is 17.6 Å². The summed E-state index contributed by atoms with van der Waals surface area (Å²) in [5.74, 6) is 0. The zero-order chi connectivity index (χ0) is 13.9. The second-order valence-electron chi connectivity index (χ2n) is 5.58. The number of benzene rings is 2. The van der Waals surface area contributed by atoms with E-state index in [1.54, 1.807) is 0 Å². The molecule has 104 valence electrons. The Morgan fingerprint density at radius 1 is 1.10 bits per heavy atom. The van der Waals surface area contributed by atoms with E-state index in [0.29, 0.717) is 0 Å². The topological polar surface area (TPSA) is 12.0 Å². The Morgan fingerprint density at radius 2 is 1.90 bits per heavy atom. The second kappa shape index (κ2) is 5.99. The van der Waals surface area contributed by atoms with Crippen LogP contribution in [-0.2, 0) is 19.4 Å². The minimum atomic E-state index is 0.261. The molecule has 0 aliphatic heterocycles. The van der Waals surface area contributed by atoms with Crippen molar-refractivity contribution in [1.29, 1.82) is 0 Å². The standard InChI is InChI=1S/C18H20ClN/c1-13(17-7-2-3-8-18(17)19)20-12-14-9-10-15-5-4-6-16(15)11-14/h2-3,7-11,13,20H,4-6,12H2,1H3/t13-/m0/s1. The molecule has 2 aromatic carbocycles. The third kappa shape index (κ3) is 2.89. The maximum atomic E-state index is 6.24. The van der Waals surface area contributed by atoms with Crippen molar-refractivity contribution >= 4 is 11.6 Å². The lowest BCUT2D eigenvalue weighted by Gasteiger charge is -2.16. The molecule has 2 aromatic rings. The smallest absolute Gasteiger partial charge is 0.0453 e. The molecular weight excluding hydrogens is 266 g/mol. The number of aryl methyl sites for hydroxylation is 2. The van der Waals surface area contributed by atoms with Crippen molar-refractivity contribution in [3.63, 3.8) is 0 Å². The van der Waals surface area contributed by atoms with Gasteiger partial charge in [-0.15, -0.1) is 0 Å². The molecule has 1 atom stereocenters. The van der Waals surface area contributed by atoms with E-state index in [1.165, 1.54) is 36.0 Å². The Balaban J connectivity index is 1.66. The van der Waals surface area contributed by atoms with Gasteiger partial charge < -0.3 is 5.32 Å². The van der Waals surface area contributed by atoms with Gasteiger partial charge in [-0.1, -0.05) is 48.0 Å². The molecular formula is C18H20ClN. The molecule has 1 nitrogen and oxygen atoms in total. The zero-order valence-corrected chi connectivity index (χ0v) is 12.6. The predicted octanol–water partition coefficient (Wildman–Crippen LogP) is 4.68. The molecule has 20 heavy (non-hydrogen) atoms. The Kier molecular flexibility index (Phi) is 4.09. The second-order valence-corrected chi connectivity index (χ2v) is 5.99. The van der Waals surface area contributed by atoms with Crippen molar-refractivity contribution in [2.24, 2.45) is 0 Å². The van der Waals surface area contributed by atoms with Crippen LogP contribution in [0, 0.1) is 0 Å². The van der Waals surface area contributed by atoms with Gasteiger partial charge in [0.1, 0.15) is 0 Å². The Bertz CT molecular complexity index is 606. The monoisotopic (exact) mass is 285 g/mol. The van der Waals surface area contributed by atoms with Gasteiger partial charge in [-0.05, 0) is 54.5 Å². The van der Waals surface area contributed by atoms with Crippen molar-refractivity contribution in [3.05, 3.63) is 69.7 Å². The molecule has 0 heterocycles. The Morgan fingerprint density at radius 3 is 2.75 bits per heavy atom. The van der Waals surface area contributed by atoms with Crippen molar-refractivity contribution in [1.82, 2.24) is 5.32 Å². The summed E-state index contributed by atoms with van der Waals surface area (Å²) in [7, 11) is 0. The fourth-order valence-electron chi connectivity index (χ4n) is 2.94. The van der Waals surface area contributed by atoms with E-state index < -0.39 is 0 Å². The maximum Gasteiger partial charge on any atom is 0.0453 e. The molecule has 1 N–H and O–H groups in total. The number of hydrogen-bond donors (Lipinski definition) is 1. The largest absolute Gasteiger partial charge is 0.306 e. The summed E-state index contributed by atoms with van der Waals surface area (Å²) in [6.45, 7) is 3.05. The first-order valence-corrected chi connectivity index (χ1v) is 7.70. The van der Waals surface area contributed by atoms with Gasteiger partial charge in [-0.3, -0.25) is 0 Å². The maximum absolute atomic E-state index is 6.24. The highest BCUT2D eigenvalue weighted by Gasteiger charge is 2.12. The van der Waals surface area contributed by atoms with E-state index in [-0.39, 0.29) is 6.04 Å². The van der Waals surface area contributed by atoms with Crippen LogP contribution in [0.1, 0.15) is 41.6 Å². The van der Waals surface area contributed by atoms with Crippen LogP contribution in [0.15, 0.2) is 42.5 Å². The summed E-state index contributed by atoms with van der Waals surface area (Å²) >= 11 is 6.24.